The van der Waals surface area contributed by atoms with Crippen LogP contribution in [0.1, 0.15) is 18.4 Å². The number of anilines is 1. The molecule has 1 saturated heterocycles. The molecule has 0 unspecified atom stereocenters. The molecular weight excluding hydrogens is 541 g/mol. The largest absolute Gasteiger partial charge is 0.495 e. The third kappa shape index (κ3) is 5.47. The Morgan fingerprint density at radius 1 is 1.00 bits per heavy atom. The van der Waals surface area contributed by atoms with E-state index in [2.05, 4.69) is 0 Å². The molecule has 0 N–H and O–H groups in total. The minimum atomic E-state index is -3.78. The Balaban J connectivity index is 1.42. The number of sulfonamides is 1. The number of amides is 1. The van der Waals surface area contributed by atoms with Crippen molar-refractivity contribution in [3.63, 3.8) is 0 Å². The number of thiazole rings is 1. The zero-order chi connectivity index (χ0) is 27.6. The van der Waals surface area contributed by atoms with Crippen molar-refractivity contribution in [2.24, 2.45) is 5.92 Å². The standard InChI is InChI=1S/C28H28FN3O5S2/c1-36-23-12-13-24(37-2)26-25(23)30-28(38-26)32(18-19-6-4-3-5-7-19)27(33)20-14-16-31(17-15-20)39(34,35)22-10-8-21(29)9-11-22/h3-13,20H,14-18H2,1-2H3. The van der Waals surface area contributed by atoms with E-state index >= 15 is 0 Å². The van der Waals surface area contributed by atoms with Gasteiger partial charge in [0.2, 0.25) is 15.9 Å². The van der Waals surface area contributed by atoms with Gasteiger partial charge in [-0.05, 0) is 54.8 Å². The predicted octanol–water partition coefficient (Wildman–Crippen LogP) is 5.09. The van der Waals surface area contributed by atoms with Gasteiger partial charge >= 0.3 is 0 Å². The molecule has 0 radical (unpaired) electrons. The van der Waals surface area contributed by atoms with Gasteiger partial charge in [-0.2, -0.15) is 4.31 Å². The summed E-state index contributed by atoms with van der Waals surface area (Å²) in [6, 6.07) is 18.0. The molecule has 1 aromatic heterocycles. The first-order valence-corrected chi connectivity index (χ1v) is 14.7. The number of fused-ring (bicyclic) bond motifs is 1. The van der Waals surface area contributed by atoms with Crippen molar-refractivity contribution in [1.29, 1.82) is 0 Å². The molecule has 0 aliphatic carbocycles. The van der Waals surface area contributed by atoms with E-state index in [1.165, 1.54) is 27.8 Å². The fraction of sp³-hybridized carbons (Fsp3) is 0.286. The van der Waals surface area contributed by atoms with Crippen LogP contribution in [0, 0.1) is 11.7 Å². The summed E-state index contributed by atoms with van der Waals surface area (Å²) in [7, 11) is -0.623. The topological polar surface area (TPSA) is 89.0 Å². The number of carbonyl (C=O) groups excluding carboxylic acids is 1. The Morgan fingerprint density at radius 3 is 2.28 bits per heavy atom. The Bertz CT molecular complexity index is 1530. The number of ether oxygens (including phenoxy) is 2. The molecule has 39 heavy (non-hydrogen) atoms. The van der Waals surface area contributed by atoms with Gasteiger partial charge in [-0.1, -0.05) is 41.7 Å². The van der Waals surface area contributed by atoms with E-state index < -0.39 is 15.8 Å². The summed E-state index contributed by atoms with van der Waals surface area (Å²) in [5, 5.41) is 0.517. The molecule has 1 fully saturated rings. The van der Waals surface area contributed by atoms with E-state index in [4.69, 9.17) is 14.5 Å². The van der Waals surface area contributed by atoms with Crippen molar-refractivity contribution in [2.75, 3.05) is 32.2 Å². The van der Waals surface area contributed by atoms with Gasteiger partial charge in [-0.25, -0.2) is 17.8 Å². The highest BCUT2D eigenvalue weighted by molar-refractivity contribution is 7.89. The maximum Gasteiger partial charge on any atom is 0.243 e. The van der Waals surface area contributed by atoms with Gasteiger partial charge in [0.1, 0.15) is 27.5 Å². The average molecular weight is 570 g/mol. The van der Waals surface area contributed by atoms with Crippen molar-refractivity contribution in [3.8, 4) is 11.5 Å². The second-order valence-electron chi connectivity index (χ2n) is 9.19. The second-order valence-corrected chi connectivity index (χ2v) is 12.1. The number of hydrogen-bond donors (Lipinski definition) is 0. The normalized spacial score (nSPS) is 14.8. The molecule has 2 heterocycles. The van der Waals surface area contributed by atoms with E-state index in [-0.39, 0.29) is 29.8 Å². The summed E-state index contributed by atoms with van der Waals surface area (Å²) in [4.78, 5) is 20.5. The van der Waals surface area contributed by atoms with Crippen molar-refractivity contribution >= 4 is 42.6 Å². The lowest BCUT2D eigenvalue weighted by Gasteiger charge is -2.33. The van der Waals surface area contributed by atoms with Gasteiger partial charge in [0, 0.05) is 19.0 Å². The molecule has 4 aromatic rings. The Hall–Kier alpha value is -3.54. The van der Waals surface area contributed by atoms with Crippen LogP contribution in [0.2, 0.25) is 0 Å². The summed E-state index contributed by atoms with van der Waals surface area (Å²) in [6.07, 6.45) is 0.726. The maximum atomic E-state index is 14.0. The number of hydrogen-bond acceptors (Lipinski definition) is 7. The number of benzene rings is 3. The van der Waals surface area contributed by atoms with Gasteiger partial charge in [-0.15, -0.1) is 0 Å². The van der Waals surface area contributed by atoms with Gasteiger partial charge in [-0.3, -0.25) is 9.69 Å². The monoisotopic (exact) mass is 569 g/mol. The molecule has 5 rings (SSSR count). The van der Waals surface area contributed by atoms with Gasteiger partial charge in [0.15, 0.2) is 5.13 Å². The lowest BCUT2D eigenvalue weighted by molar-refractivity contribution is -0.123. The summed E-state index contributed by atoms with van der Waals surface area (Å²) in [5.74, 6) is 0.224. The smallest absolute Gasteiger partial charge is 0.243 e. The quantitative estimate of drug-likeness (QED) is 0.294. The molecule has 0 saturated carbocycles. The number of rotatable bonds is 8. The van der Waals surface area contributed by atoms with E-state index in [0.717, 1.165) is 22.4 Å². The molecule has 11 heteroatoms. The van der Waals surface area contributed by atoms with Crippen molar-refractivity contribution in [3.05, 3.63) is 78.1 Å². The Morgan fingerprint density at radius 2 is 1.64 bits per heavy atom. The van der Waals surface area contributed by atoms with Crippen molar-refractivity contribution in [1.82, 2.24) is 9.29 Å². The minimum Gasteiger partial charge on any atom is -0.495 e. The van der Waals surface area contributed by atoms with Crippen LogP contribution < -0.4 is 14.4 Å². The van der Waals surface area contributed by atoms with Gasteiger partial charge in [0.05, 0.1) is 25.7 Å². The molecule has 0 bridgehead atoms. The van der Waals surface area contributed by atoms with Crippen LogP contribution in [0.15, 0.2) is 71.6 Å². The number of methoxy groups -OCH3 is 2. The highest BCUT2D eigenvalue weighted by atomic mass is 32.2. The third-order valence-corrected chi connectivity index (χ3v) is 9.84. The number of aromatic nitrogens is 1. The van der Waals surface area contributed by atoms with Crippen LogP contribution in [0.25, 0.3) is 10.2 Å². The molecule has 1 aliphatic rings. The SMILES string of the molecule is COc1ccc(OC)c2sc(N(Cc3ccccc3)C(=O)C3CCN(S(=O)(=O)c4ccc(F)cc4)CC3)nc12. The van der Waals surface area contributed by atoms with Crippen LogP contribution in [-0.2, 0) is 21.4 Å². The van der Waals surface area contributed by atoms with Crippen LogP contribution >= 0.6 is 11.3 Å². The van der Waals surface area contributed by atoms with Gasteiger partial charge < -0.3 is 9.47 Å². The van der Waals surface area contributed by atoms with Crippen LogP contribution in [0.5, 0.6) is 11.5 Å². The zero-order valence-electron chi connectivity index (χ0n) is 21.5. The van der Waals surface area contributed by atoms with E-state index in [9.17, 15) is 17.6 Å². The van der Waals surface area contributed by atoms with Gasteiger partial charge in [0.25, 0.3) is 0 Å². The zero-order valence-corrected chi connectivity index (χ0v) is 23.2. The number of nitrogens with zero attached hydrogens (tertiary/aromatic N) is 3. The minimum absolute atomic E-state index is 0.0387. The molecule has 0 spiro atoms. The summed E-state index contributed by atoms with van der Waals surface area (Å²) < 4.78 is 52.6. The summed E-state index contributed by atoms with van der Waals surface area (Å²) in [5.41, 5.74) is 1.56. The lowest BCUT2D eigenvalue weighted by atomic mass is 9.96. The molecule has 0 atom stereocenters. The number of piperidine rings is 1. The summed E-state index contributed by atoms with van der Waals surface area (Å²) in [6.45, 7) is 0.700. The first-order chi connectivity index (χ1) is 18.8. The van der Waals surface area contributed by atoms with Crippen LogP contribution in [0.3, 0.4) is 0 Å². The molecular formula is C28H28FN3O5S2. The molecule has 1 amide bonds. The predicted molar refractivity (Wildman–Crippen MR) is 148 cm³/mol. The molecule has 3 aromatic carbocycles. The fourth-order valence-corrected chi connectivity index (χ4v) is 7.26. The Kier molecular flexibility index (Phi) is 7.83. The first kappa shape index (κ1) is 27.0. The lowest BCUT2D eigenvalue weighted by Crippen LogP contribution is -2.44. The van der Waals surface area contributed by atoms with Crippen LogP contribution in [0.4, 0.5) is 9.52 Å². The van der Waals surface area contributed by atoms with Crippen LogP contribution in [-0.4, -0.2) is 50.9 Å². The molecule has 8 nitrogen and oxygen atoms in total. The van der Waals surface area contributed by atoms with E-state index in [1.807, 2.05) is 36.4 Å². The average Bonchev–Trinajstić information content (AvgIpc) is 3.41. The Labute approximate surface area is 230 Å². The van der Waals surface area contributed by atoms with Crippen molar-refractivity contribution in [2.45, 2.75) is 24.3 Å². The second kappa shape index (κ2) is 11.3. The van der Waals surface area contributed by atoms with Crippen molar-refractivity contribution < 1.29 is 27.1 Å². The highest BCUT2D eigenvalue weighted by Crippen LogP contribution is 2.41. The fourth-order valence-electron chi connectivity index (χ4n) is 4.71. The maximum absolute atomic E-state index is 14.0. The third-order valence-electron chi connectivity index (χ3n) is 6.83. The molecule has 1 aliphatic heterocycles. The summed E-state index contributed by atoms with van der Waals surface area (Å²) >= 11 is 1.35. The molecule has 204 valence electrons. The number of carbonyl (C=O) groups is 1. The van der Waals surface area contributed by atoms with E-state index in [1.54, 1.807) is 25.2 Å². The first-order valence-electron chi connectivity index (χ1n) is 12.4. The van der Waals surface area contributed by atoms with E-state index in [0.29, 0.717) is 41.5 Å². The highest BCUT2D eigenvalue weighted by Gasteiger charge is 2.35. The number of halogens is 1.